The summed E-state index contributed by atoms with van der Waals surface area (Å²) in [5.74, 6) is -0.778. The Labute approximate surface area is 169 Å². The number of rotatable bonds is 7. The highest BCUT2D eigenvalue weighted by molar-refractivity contribution is 5.94. The van der Waals surface area contributed by atoms with Crippen LogP contribution in [0.2, 0.25) is 0 Å². The van der Waals surface area contributed by atoms with Crippen LogP contribution >= 0.6 is 0 Å². The first-order valence-electron chi connectivity index (χ1n) is 9.99. The number of benzene rings is 2. The molecule has 1 aliphatic rings. The largest absolute Gasteiger partial charge is 0.373 e. The van der Waals surface area contributed by atoms with Crippen molar-refractivity contribution in [1.82, 2.24) is 15.1 Å². The SMILES string of the molecule is O=C(NCCCOC1CCCc2ccccc21)c1ccc(-n2cccn2)c(F)c1. The second-order valence-electron chi connectivity index (χ2n) is 7.18. The van der Waals surface area contributed by atoms with E-state index in [1.54, 1.807) is 30.6 Å². The Morgan fingerprint density at radius 3 is 2.97 bits per heavy atom. The van der Waals surface area contributed by atoms with Gasteiger partial charge in [0.2, 0.25) is 0 Å². The molecule has 0 fully saturated rings. The van der Waals surface area contributed by atoms with E-state index in [4.69, 9.17) is 4.74 Å². The highest BCUT2D eigenvalue weighted by Gasteiger charge is 2.20. The van der Waals surface area contributed by atoms with Gasteiger partial charge in [-0.1, -0.05) is 24.3 Å². The van der Waals surface area contributed by atoms with Crippen molar-refractivity contribution in [2.75, 3.05) is 13.2 Å². The van der Waals surface area contributed by atoms with Gasteiger partial charge in [-0.3, -0.25) is 4.79 Å². The highest BCUT2D eigenvalue weighted by Crippen LogP contribution is 2.32. The van der Waals surface area contributed by atoms with Crippen molar-refractivity contribution in [3.05, 3.63) is 83.4 Å². The Morgan fingerprint density at radius 1 is 1.24 bits per heavy atom. The third-order valence-electron chi connectivity index (χ3n) is 5.20. The Bertz CT molecular complexity index is 972. The van der Waals surface area contributed by atoms with Crippen molar-refractivity contribution in [2.45, 2.75) is 31.8 Å². The summed E-state index contributed by atoms with van der Waals surface area (Å²) in [4.78, 5) is 12.3. The first-order valence-corrected chi connectivity index (χ1v) is 9.99. The monoisotopic (exact) mass is 393 g/mol. The van der Waals surface area contributed by atoms with Gasteiger partial charge in [0.25, 0.3) is 5.91 Å². The van der Waals surface area contributed by atoms with Crippen LogP contribution in [0.15, 0.2) is 60.9 Å². The van der Waals surface area contributed by atoms with E-state index in [-0.39, 0.29) is 12.0 Å². The molecule has 4 rings (SSSR count). The first-order chi connectivity index (χ1) is 14.2. The first kappa shape index (κ1) is 19.3. The van der Waals surface area contributed by atoms with Gasteiger partial charge >= 0.3 is 0 Å². The molecule has 1 aromatic heterocycles. The lowest BCUT2D eigenvalue weighted by molar-refractivity contribution is 0.0393. The lowest BCUT2D eigenvalue weighted by Gasteiger charge is -2.25. The number of aromatic nitrogens is 2. The van der Waals surface area contributed by atoms with Crippen molar-refractivity contribution in [2.24, 2.45) is 0 Å². The van der Waals surface area contributed by atoms with Crippen LogP contribution in [-0.2, 0) is 11.2 Å². The number of hydrogen-bond acceptors (Lipinski definition) is 3. The quantitative estimate of drug-likeness (QED) is 0.612. The van der Waals surface area contributed by atoms with Gasteiger partial charge in [0.05, 0.1) is 6.10 Å². The molecule has 1 N–H and O–H groups in total. The fourth-order valence-electron chi connectivity index (χ4n) is 3.73. The molecule has 5 nitrogen and oxygen atoms in total. The molecule has 1 aliphatic carbocycles. The van der Waals surface area contributed by atoms with Crippen LogP contribution in [-0.4, -0.2) is 28.8 Å². The fraction of sp³-hybridized carbons (Fsp3) is 0.304. The number of nitrogens with one attached hydrogen (secondary N) is 1. The van der Waals surface area contributed by atoms with E-state index >= 15 is 0 Å². The van der Waals surface area contributed by atoms with E-state index in [1.807, 2.05) is 0 Å². The number of hydrogen-bond donors (Lipinski definition) is 1. The van der Waals surface area contributed by atoms with Gasteiger partial charge in [-0.2, -0.15) is 5.10 Å². The zero-order valence-corrected chi connectivity index (χ0v) is 16.2. The van der Waals surface area contributed by atoms with Crippen LogP contribution in [0.1, 0.15) is 46.9 Å². The number of carbonyl (C=O) groups is 1. The number of amides is 1. The normalized spacial score (nSPS) is 15.7. The molecule has 0 radical (unpaired) electrons. The second-order valence-corrected chi connectivity index (χ2v) is 7.18. The molecular formula is C23H24FN3O2. The topological polar surface area (TPSA) is 56.1 Å². The van der Waals surface area contributed by atoms with Crippen LogP contribution in [0.3, 0.4) is 0 Å². The average molecular weight is 393 g/mol. The molecule has 0 spiro atoms. The number of fused-ring (bicyclic) bond motifs is 1. The zero-order valence-electron chi connectivity index (χ0n) is 16.2. The zero-order chi connectivity index (χ0) is 20.1. The molecule has 2 aromatic carbocycles. The molecule has 29 heavy (non-hydrogen) atoms. The van der Waals surface area contributed by atoms with E-state index < -0.39 is 5.82 Å². The van der Waals surface area contributed by atoms with E-state index in [2.05, 4.69) is 34.7 Å². The number of halogens is 1. The van der Waals surface area contributed by atoms with Crippen LogP contribution in [0.4, 0.5) is 4.39 Å². The van der Waals surface area contributed by atoms with Gasteiger partial charge in [0, 0.05) is 31.1 Å². The lowest BCUT2D eigenvalue weighted by atomic mass is 9.89. The summed E-state index contributed by atoms with van der Waals surface area (Å²) in [6.07, 6.45) is 7.36. The van der Waals surface area contributed by atoms with Crippen LogP contribution in [0.25, 0.3) is 5.69 Å². The molecule has 0 saturated carbocycles. The van der Waals surface area contributed by atoms with Crippen molar-refractivity contribution in [1.29, 1.82) is 0 Å². The van der Waals surface area contributed by atoms with Crippen molar-refractivity contribution in [3.63, 3.8) is 0 Å². The summed E-state index contributed by atoms with van der Waals surface area (Å²) in [7, 11) is 0. The Balaban J connectivity index is 1.24. The van der Waals surface area contributed by atoms with Crippen molar-refractivity contribution in [3.8, 4) is 5.69 Å². The minimum absolute atomic E-state index is 0.139. The predicted octanol–water partition coefficient (Wildman–Crippen LogP) is 4.23. The summed E-state index contributed by atoms with van der Waals surface area (Å²) in [6.45, 7) is 1.06. The third-order valence-corrected chi connectivity index (χ3v) is 5.20. The van der Waals surface area contributed by atoms with Crippen LogP contribution in [0.5, 0.6) is 0 Å². The lowest BCUT2D eigenvalue weighted by Crippen LogP contribution is -2.25. The average Bonchev–Trinajstić information content (AvgIpc) is 3.28. The van der Waals surface area contributed by atoms with Gasteiger partial charge in [0.15, 0.2) is 0 Å². The number of aryl methyl sites for hydroxylation is 1. The smallest absolute Gasteiger partial charge is 0.251 e. The molecule has 0 saturated heterocycles. The van der Waals surface area contributed by atoms with E-state index in [1.165, 1.54) is 21.9 Å². The summed E-state index contributed by atoms with van der Waals surface area (Å²) in [5.41, 5.74) is 3.27. The van der Waals surface area contributed by atoms with Gasteiger partial charge < -0.3 is 10.1 Å². The number of nitrogens with zero attached hydrogens (tertiary/aromatic N) is 2. The molecule has 1 amide bonds. The highest BCUT2D eigenvalue weighted by atomic mass is 19.1. The third kappa shape index (κ3) is 4.54. The van der Waals surface area contributed by atoms with Gasteiger partial charge in [-0.05, 0) is 61.1 Å². The van der Waals surface area contributed by atoms with Gasteiger partial charge in [-0.15, -0.1) is 0 Å². The minimum Gasteiger partial charge on any atom is -0.373 e. The van der Waals surface area contributed by atoms with E-state index in [0.29, 0.717) is 30.8 Å². The molecule has 150 valence electrons. The molecule has 1 heterocycles. The Kier molecular flexibility index (Phi) is 6.00. The van der Waals surface area contributed by atoms with Crippen LogP contribution < -0.4 is 5.32 Å². The molecule has 6 heteroatoms. The van der Waals surface area contributed by atoms with Crippen molar-refractivity contribution < 1.29 is 13.9 Å². The van der Waals surface area contributed by atoms with Gasteiger partial charge in [0.1, 0.15) is 11.5 Å². The summed E-state index contributed by atoms with van der Waals surface area (Å²) >= 11 is 0. The molecule has 1 unspecified atom stereocenters. The number of carbonyl (C=O) groups excluding carboxylic acids is 1. The Hall–Kier alpha value is -2.99. The predicted molar refractivity (Wildman–Crippen MR) is 109 cm³/mol. The molecular weight excluding hydrogens is 369 g/mol. The molecule has 0 bridgehead atoms. The Morgan fingerprint density at radius 2 is 2.14 bits per heavy atom. The van der Waals surface area contributed by atoms with E-state index in [9.17, 15) is 9.18 Å². The minimum atomic E-state index is -0.486. The summed E-state index contributed by atoms with van der Waals surface area (Å²) in [6, 6.07) is 14.5. The van der Waals surface area contributed by atoms with E-state index in [0.717, 1.165) is 19.3 Å². The maximum Gasteiger partial charge on any atom is 0.251 e. The molecule has 3 aromatic rings. The summed E-state index contributed by atoms with van der Waals surface area (Å²) < 4.78 is 21.8. The summed E-state index contributed by atoms with van der Waals surface area (Å²) in [5, 5.41) is 6.84. The van der Waals surface area contributed by atoms with Crippen molar-refractivity contribution >= 4 is 5.91 Å². The molecule has 0 aliphatic heterocycles. The second kappa shape index (κ2) is 9.01. The fourth-order valence-corrected chi connectivity index (χ4v) is 3.73. The number of ether oxygens (including phenoxy) is 1. The standard InChI is InChI=1S/C23H24FN3O2/c24-20-16-18(10-11-21(20)27-14-4-13-26-27)23(28)25-12-5-15-29-22-9-3-7-17-6-1-2-8-19(17)22/h1-2,4,6,8,10-11,13-14,16,22H,3,5,7,9,12,15H2,(H,25,28). The molecule has 1 atom stereocenters. The maximum absolute atomic E-state index is 14.3. The van der Waals surface area contributed by atoms with Gasteiger partial charge in [-0.25, -0.2) is 9.07 Å². The van der Waals surface area contributed by atoms with Crippen LogP contribution in [0, 0.1) is 5.82 Å². The maximum atomic E-state index is 14.3.